The quantitative estimate of drug-likeness (QED) is 0.531. The van der Waals surface area contributed by atoms with Crippen molar-refractivity contribution >= 4 is 5.91 Å². The Kier molecular flexibility index (Phi) is 3.08. The molecule has 0 heterocycles. The third-order valence-electron chi connectivity index (χ3n) is 0.826. The molecule has 3 nitrogen and oxygen atoms in total. The summed E-state index contributed by atoms with van der Waals surface area (Å²) < 4.78 is 23.5. The number of halogens is 2. The number of carbonyl (C=O) groups is 1. The van der Waals surface area contributed by atoms with Crippen molar-refractivity contribution in [3.63, 3.8) is 0 Å². The van der Waals surface area contributed by atoms with Gasteiger partial charge in [0.2, 0.25) is 0 Å². The molecule has 2 atom stereocenters. The third kappa shape index (κ3) is 2.36. The first-order chi connectivity index (χ1) is 4.09. The van der Waals surface area contributed by atoms with Crippen molar-refractivity contribution in [1.29, 1.82) is 0 Å². The lowest BCUT2D eigenvalue weighted by Crippen LogP contribution is -2.42. The van der Waals surface area contributed by atoms with E-state index in [1.54, 1.807) is 0 Å². The molecule has 0 aliphatic heterocycles. The van der Waals surface area contributed by atoms with Gasteiger partial charge in [-0.05, 0) is 0 Å². The maximum atomic E-state index is 12.1. The van der Waals surface area contributed by atoms with Gasteiger partial charge < -0.3 is 11.5 Å². The molecule has 0 aromatic heterocycles. The van der Waals surface area contributed by atoms with E-state index in [9.17, 15) is 13.6 Å². The molecule has 9 heavy (non-hydrogen) atoms. The predicted octanol–water partition coefficient (Wildman–Crippen LogP) is -0.893. The Morgan fingerprint density at radius 2 is 2.11 bits per heavy atom. The molecule has 5 heteroatoms. The Morgan fingerprint density at radius 3 is 2.22 bits per heavy atom. The Balaban J connectivity index is 3.72. The largest absolute Gasteiger partial charge is 0.367 e. The monoisotopic (exact) mass is 138 g/mol. The summed E-state index contributed by atoms with van der Waals surface area (Å²) in [6.07, 6.45) is -2.07. The molecule has 0 rings (SSSR count). The summed E-state index contributed by atoms with van der Waals surface area (Å²) in [7, 11) is 0. The lowest BCUT2D eigenvalue weighted by molar-refractivity contribution is -0.123. The highest BCUT2D eigenvalue weighted by molar-refractivity contribution is 5.79. The highest BCUT2D eigenvalue weighted by Gasteiger charge is 2.21. The van der Waals surface area contributed by atoms with Crippen LogP contribution in [0.4, 0.5) is 8.78 Å². The minimum atomic E-state index is -2.07. The minimum absolute atomic E-state index is 1.08. The molecule has 0 saturated heterocycles. The van der Waals surface area contributed by atoms with E-state index in [1.165, 1.54) is 0 Å². The van der Waals surface area contributed by atoms with Gasteiger partial charge in [-0.3, -0.25) is 4.79 Å². The Hall–Kier alpha value is -0.710. The van der Waals surface area contributed by atoms with Crippen molar-refractivity contribution in [2.24, 2.45) is 11.5 Å². The van der Waals surface area contributed by atoms with Gasteiger partial charge in [-0.1, -0.05) is 0 Å². The van der Waals surface area contributed by atoms with E-state index < -0.39 is 24.8 Å². The van der Waals surface area contributed by atoms with Crippen LogP contribution in [-0.2, 0) is 4.79 Å². The fourth-order valence-electron chi connectivity index (χ4n) is 0.289. The zero-order chi connectivity index (χ0) is 7.44. The molecule has 4 N–H and O–H groups in total. The molecule has 2 unspecified atom stereocenters. The maximum Gasteiger partial charge on any atom is 0.253 e. The lowest BCUT2D eigenvalue weighted by atomic mass is 10.2. The van der Waals surface area contributed by atoms with Gasteiger partial charge in [-0.25, -0.2) is 8.78 Å². The second kappa shape index (κ2) is 3.34. The minimum Gasteiger partial charge on any atom is -0.367 e. The normalized spacial score (nSPS) is 16.8. The number of hydrogen-bond acceptors (Lipinski definition) is 2. The van der Waals surface area contributed by atoms with Crippen molar-refractivity contribution < 1.29 is 13.6 Å². The van der Waals surface area contributed by atoms with Crippen LogP contribution in [0, 0.1) is 0 Å². The highest BCUT2D eigenvalue weighted by atomic mass is 19.1. The maximum absolute atomic E-state index is 12.1. The Labute approximate surface area is 51.0 Å². The molecule has 0 aromatic carbocycles. The zero-order valence-electron chi connectivity index (χ0n) is 4.68. The van der Waals surface area contributed by atoms with Crippen LogP contribution in [0.3, 0.4) is 0 Å². The topological polar surface area (TPSA) is 69.1 Å². The number of hydrogen-bond donors (Lipinski definition) is 2. The smallest absolute Gasteiger partial charge is 0.253 e. The average molecular weight is 138 g/mol. The van der Waals surface area contributed by atoms with E-state index in [-0.39, 0.29) is 0 Å². The summed E-state index contributed by atoms with van der Waals surface area (Å²) in [6, 6.07) is -1.41. The number of primary amides is 1. The zero-order valence-corrected chi connectivity index (χ0v) is 4.68. The van der Waals surface area contributed by atoms with Gasteiger partial charge in [0, 0.05) is 0 Å². The third-order valence-corrected chi connectivity index (χ3v) is 0.826. The van der Waals surface area contributed by atoms with E-state index in [4.69, 9.17) is 5.73 Å². The van der Waals surface area contributed by atoms with Crippen molar-refractivity contribution in [2.75, 3.05) is 6.67 Å². The SMILES string of the molecule is NC(=O)C(F)C(N)CF. The second-order valence-corrected chi connectivity index (χ2v) is 1.62. The van der Waals surface area contributed by atoms with Gasteiger partial charge in [0.15, 0.2) is 6.17 Å². The molecular formula is C4H8F2N2O. The van der Waals surface area contributed by atoms with E-state index in [0.29, 0.717) is 0 Å². The van der Waals surface area contributed by atoms with Crippen LogP contribution in [0.5, 0.6) is 0 Å². The van der Waals surface area contributed by atoms with E-state index in [2.05, 4.69) is 5.73 Å². The summed E-state index contributed by atoms with van der Waals surface area (Å²) in [5.74, 6) is -1.22. The molecule has 0 spiro atoms. The number of rotatable bonds is 3. The van der Waals surface area contributed by atoms with Gasteiger partial charge >= 0.3 is 0 Å². The fraction of sp³-hybridized carbons (Fsp3) is 0.750. The van der Waals surface area contributed by atoms with Gasteiger partial charge in [0.05, 0.1) is 6.04 Å². The van der Waals surface area contributed by atoms with Gasteiger partial charge in [0.25, 0.3) is 5.91 Å². The van der Waals surface area contributed by atoms with Crippen LogP contribution in [0.25, 0.3) is 0 Å². The molecular weight excluding hydrogens is 130 g/mol. The molecule has 0 bridgehead atoms. The molecule has 54 valence electrons. The van der Waals surface area contributed by atoms with Crippen LogP contribution in [0.1, 0.15) is 0 Å². The molecule has 0 saturated carbocycles. The molecule has 0 aliphatic rings. The molecule has 0 aromatic rings. The van der Waals surface area contributed by atoms with Crippen LogP contribution in [0.2, 0.25) is 0 Å². The second-order valence-electron chi connectivity index (χ2n) is 1.62. The van der Waals surface area contributed by atoms with E-state index >= 15 is 0 Å². The number of alkyl halides is 2. The van der Waals surface area contributed by atoms with Crippen molar-refractivity contribution in [3.05, 3.63) is 0 Å². The average Bonchev–Trinajstić information content (AvgIpc) is 1.84. The predicted molar refractivity (Wildman–Crippen MR) is 28.0 cm³/mol. The summed E-state index contributed by atoms with van der Waals surface area (Å²) in [5, 5.41) is 0. The van der Waals surface area contributed by atoms with Crippen LogP contribution in [0.15, 0.2) is 0 Å². The van der Waals surface area contributed by atoms with Crippen LogP contribution >= 0.6 is 0 Å². The number of amides is 1. The summed E-state index contributed by atoms with van der Waals surface area (Å²) in [6.45, 7) is -1.08. The molecule has 0 fully saturated rings. The number of nitrogens with two attached hydrogens (primary N) is 2. The fourth-order valence-corrected chi connectivity index (χ4v) is 0.289. The van der Waals surface area contributed by atoms with Gasteiger partial charge in [0.1, 0.15) is 6.67 Å². The standard InChI is InChI=1S/C4H8F2N2O/c5-1-2(7)3(6)4(8)9/h2-3H,1,7H2,(H2,8,9). The van der Waals surface area contributed by atoms with Gasteiger partial charge in [-0.15, -0.1) is 0 Å². The first-order valence-corrected chi connectivity index (χ1v) is 2.34. The summed E-state index contributed by atoms with van der Waals surface area (Å²) >= 11 is 0. The Bertz CT molecular complexity index is 109. The van der Waals surface area contributed by atoms with Crippen LogP contribution < -0.4 is 11.5 Å². The molecule has 0 aliphatic carbocycles. The highest BCUT2D eigenvalue weighted by Crippen LogP contribution is 1.95. The molecule has 1 amide bonds. The van der Waals surface area contributed by atoms with Crippen molar-refractivity contribution in [2.45, 2.75) is 12.2 Å². The molecule has 0 radical (unpaired) electrons. The summed E-state index contributed by atoms with van der Waals surface area (Å²) in [4.78, 5) is 9.90. The van der Waals surface area contributed by atoms with Crippen LogP contribution in [-0.4, -0.2) is 24.8 Å². The van der Waals surface area contributed by atoms with E-state index in [0.717, 1.165) is 0 Å². The van der Waals surface area contributed by atoms with Crippen molar-refractivity contribution in [3.8, 4) is 0 Å². The van der Waals surface area contributed by atoms with Gasteiger partial charge in [-0.2, -0.15) is 0 Å². The lowest BCUT2D eigenvalue weighted by Gasteiger charge is -2.07. The first kappa shape index (κ1) is 8.29. The van der Waals surface area contributed by atoms with Crippen molar-refractivity contribution in [1.82, 2.24) is 0 Å². The first-order valence-electron chi connectivity index (χ1n) is 2.34. The number of carbonyl (C=O) groups excluding carboxylic acids is 1. The summed E-state index contributed by atoms with van der Waals surface area (Å²) in [5.41, 5.74) is 9.22. The van der Waals surface area contributed by atoms with E-state index in [1.807, 2.05) is 0 Å². The Morgan fingerprint density at radius 1 is 1.67 bits per heavy atom.